The van der Waals surface area contributed by atoms with Gasteiger partial charge in [-0.25, -0.2) is 32.1 Å². The average molecular weight is 742 g/mol. The van der Waals surface area contributed by atoms with E-state index in [4.69, 9.17) is 15.2 Å². The van der Waals surface area contributed by atoms with Crippen molar-refractivity contribution in [3.05, 3.63) is 95.7 Å². The molecular formula is C36H42F7N5O4. The summed E-state index contributed by atoms with van der Waals surface area (Å²) < 4.78 is 104. The van der Waals surface area contributed by atoms with Crippen LogP contribution in [0.2, 0.25) is 0 Å². The van der Waals surface area contributed by atoms with Crippen LogP contribution < -0.4 is 11.1 Å². The standard InChI is InChI=1S/C21H22F5N3O2.C15H20F2N2O2/c1-14-9-20(22,23)13-29(19(30)31-12-15-5-3-2-4-6-15)17(14)11-28-18-8-7-16(10-27-18)21(24,25)26;1-11-7-15(16,17)10-19(13(11)8-18)14(20)21-9-12-5-3-2-4-6-12/h2-8,10,14,17H,9,11-13H2,1H3,(H,27,28);2-6,11,13H,7-10,18H2,1H3/t14-,17?;11-,13?/m11/s1. The van der Waals surface area contributed by atoms with E-state index in [1.54, 1.807) is 56.3 Å². The largest absolute Gasteiger partial charge is 0.445 e. The summed E-state index contributed by atoms with van der Waals surface area (Å²) in [7, 11) is 0. The number of nitrogens with zero attached hydrogens (tertiary/aromatic N) is 3. The van der Waals surface area contributed by atoms with E-state index in [1.165, 1.54) is 0 Å². The Labute approximate surface area is 297 Å². The van der Waals surface area contributed by atoms with Gasteiger partial charge in [0.25, 0.3) is 11.8 Å². The van der Waals surface area contributed by atoms with Crippen LogP contribution in [0.5, 0.6) is 0 Å². The lowest BCUT2D eigenvalue weighted by Gasteiger charge is -2.42. The van der Waals surface area contributed by atoms with E-state index in [0.717, 1.165) is 33.1 Å². The van der Waals surface area contributed by atoms with Crippen LogP contribution in [0, 0.1) is 11.8 Å². The minimum Gasteiger partial charge on any atom is -0.445 e. The zero-order valence-electron chi connectivity index (χ0n) is 28.7. The van der Waals surface area contributed by atoms with Crippen molar-refractivity contribution in [1.82, 2.24) is 14.8 Å². The van der Waals surface area contributed by atoms with Gasteiger partial charge in [0, 0.05) is 32.1 Å². The number of carbonyl (C=O) groups excluding carboxylic acids is 2. The number of amides is 2. The molecule has 2 aliphatic rings. The first kappa shape index (κ1) is 40.2. The number of alkyl halides is 7. The van der Waals surface area contributed by atoms with Gasteiger partial charge in [-0.1, -0.05) is 74.5 Å². The number of rotatable bonds is 8. The lowest BCUT2D eigenvalue weighted by atomic mass is 9.88. The Hall–Kier alpha value is -4.60. The third-order valence-electron chi connectivity index (χ3n) is 8.86. The number of aromatic nitrogens is 1. The van der Waals surface area contributed by atoms with Gasteiger partial charge < -0.3 is 20.5 Å². The van der Waals surface area contributed by atoms with E-state index >= 15 is 0 Å². The molecule has 2 aliphatic heterocycles. The summed E-state index contributed by atoms with van der Waals surface area (Å²) in [6, 6.07) is 18.9. The molecule has 16 heteroatoms. The molecule has 3 heterocycles. The second-order valence-corrected chi connectivity index (χ2v) is 13.1. The Morgan fingerprint density at radius 2 is 1.25 bits per heavy atom. The maximum atomic E-state index is 14.1. The number of piperidine rings is 2. The van der Waals surface area contributed by atoms with Gasteiger partial charge in [-0.15, -0.1) is 0 Å². The van der Waals surface area contributed by atoms with Gasteiger partial charge in [0.15, 0.2) is 0 Å². The van der Waals surface area contributed by atoms with Crippen LogP contribution in [0.3, 0.4) is 0 Å². The highest BCUT2D eigenvalue weighted by Crippen LogP contribution is 2.36. The van der Waals surface area contributed by atoms with Crippen LogP contribution in [-0.2, 0) is 28.9 Å². The number of pyridine rings is 1. The van der Waals surface area contributed by atoms with Crippen molar-refractivity contribution in [2.24, 2.45) is 17.6 Å². The van der Waals surface area contributed by atoms with Gasteiger partial charge in [-0.05, 0) is 35.1 Å². The molecule has 0 bridgehead atoms. The number of carbonyl (C=O) groups is 2. The molecule has 3 aromatic rings. The number of ether oxygens (including phenoxy) is 2. The Morgan fingerprint density at radius 3 is 1.67 bits per heavy atom. The fourth-order valence-electron chi connectivity index (χ4n) is 6.24. The first-order valence-corrected chi connectivity index (χ1v) is 16.7. The zero-order chi connectivity index (χ0) is 38.1. The minimum absolute atomic E-state index is 0.0377. The third-order valence-corrected chi connectivity index (χ3v) is 8.86. The van der Waals surface area contributed by atoms with Crippen molar-refractivity contribution in [1.29, 1.82) is 0 Å². The van der Waals surface area contributed by atoms with E-state index in [0.29, 0.717) is 6.20 Å². The lowest BCUT2D eigenvalue weighted by Crippen LogP contribution is -2.57. The van der Waals surface area contributed by atoms with Gasteiger partial charge in [0.2, 0.25) is 0 Å². The first-order chi connectivity index (χ1) is 24.5. The highest BCUT2D eigenvalue weighted by atomic mass is 19.4. The number of anilines is 1. The van der Waals surface area contributed by atoms with Crippen molar-refractivity contribution in [3.63, 3.8) is 0 Å². The topological polar surface area (TPSA) is 110 Å². The molecule has 1 aromatic heterocycles. The van der Waals surface area contributed by atoms with Gasteiger partial charge in [0.1, 0.15) is 19.0 Å². The van der Waals surface area contributed by atoms with Gasteiger partial charge in [-0.2, -0.15) is 13.2 Å². The van der Waals surface area contributed by atoms with E-state index in [9.17, 15) is 40.3 Å². The molecule has 9 nitrogen and oxygen atoms in total. The number of benzene rings is 2. The van der Waals surface area contributed by atoms with Gasteiger partial charge in [-0.3, -0.25) is 9.80 Å². The molecule has 4 atom stereocenters. The Bertz CT molecular complexity index is 1580. The van der Waals surface area contributed by atoms with Crippen LogP contribution in [0.1, 0.15) is 43.4 Å². The molecule has 0 saturated carbocycles. The highest BCUT2D eigenvalue weighted by molar-refractivity contribution is 5.69. The van der Waals surface area contributed by atoms with Crippen LogP contribution in [-0.4, -0.2) is 77.1 Å². The van der Waals surface area contributed by atoms with Crippen LogP contribution >= 0.6 is 0 Å². The highest BCUT2D eigenvalue weighted by Gasteiger charge is 2.47. The van der Waals surface area contributed by atoms with E-state index in [-0.39, 0.29) is 44.5 Å². The number of nitrogens with two attached hydrogens (primary N) is 1. The molecule has 0 spiro atoms. The molecule has 3 N–H and O–H groups in total. The van der Waals surface area contributed by atoms with Crippen molar-refractivity contribution >= 4 is 18.0 Å². The molecule has 2 amide bonds. The molecule has 0 aliphatic carbocycles. The molecule has 2 fully saturated rings. The van der Waals surface area contributed by atoms with Crippen molar-refractivity contribution in [2.75, 3.05) is 31.5 Å². The molecule has 2 saturated heterocycles. The fraction of sp³-hybridized carbons (Fsp3) is 0.472. The maximum Gasteiger partial charge on any atom is 0.417 e. The summed E-state index contributed by atoms with van der Waals surface area (Å²) in [5, 5.41) is 2.84. The maximum absolute atomic E-state index is 14.1. The summed E-state index contributed by atoms with van der Waals surface area (Å²) in [5.41, 5.74) is 6.26. The number of hydrogen-bond donors (Lipinski definition) is 2. The summed E-state index contributed by atoms with van der Waals surface area (Å²) in [6.45, 7) is 2.04. The Morgan fingerprint density at radius 1 is 0.788 bits per heavy atom. The predicted octanol–water partition coefficient (Wildman–Crippen LogP) is 7.82. The second kappa shape index (κ2) is 17.3. The van der Waals surface area contributed by atoms with Crippen molar-refractivity contribution in [2.45, 2.75) is 70.0 Å². The number of halogens is 7. The van der Waals surface area contributed by atoms with Crippen molar-refractivity contribution in [3.8, 4) is 0 Å². The number of likely N-dealkylation sites (tertiary alicyclic amines) is 2. The van der Waals surface area contributed by atoms with Crippen LogP contribution in [0.15, 0.2) is 79.0 Å². The van der Waals surface area contributed by atoms with Crippen molar-refractivity contribution < 1.29 is 49.8 Å². The molecular weight excluding hydrogens is 699 g/mol. The molecule has 2 aromatic carbocycles. The Balaban J connectivity index is 0.000000251. The van der Waals surface area contributed by atoms with E-state index < -0.39 is 73.3 Å². The SMILES string of the molecule is C[C@@H]1CC(F)(F)CN(C(=O)OCc2ccccc2)C1CN.C[C@@H]1CC(F)(F)CN(C(=O)OCc2ccccc2)C1CNc1ccc(C(F)(F)F)cn1. The first-order valence-electron chi connectivity index (χ1n) is 16.7. The second-order valence-electron chi connectivity index (χ2n) is 13.1. The Kier molecular flexibility index (Phi) is 13.3. The smallest absolute Gasteiger partial charge is 0.417 e. The summed E-state index contributed by atoms with van der Waals surface area (Å²) in [6.07, 6.45) is -6.09. The molecule has 5 rings (SSSR count). The quantitative estimate of drug-likeness (QED) is 0.227. The van der Waals surface area contributed by atoms with Crippen LogP contribution in [0.4, 0.5) is 46.1 Å². The summed E-state index contributed by atoms with van der Waals surface area (Å²) in [5.74, 6) is -6.74. The normalized spacial score (nSPS) is 22.4. The van der Waals surface area contributed by atoms with E-state index in [1.807, 2.05) is 18.2 Å². The summed E-state index contributed by atoms with van der Waals surface area (Å²) in [4.78, 5) is 30.4. The predicted molar refractivity (Wildman–Crippen MR) is 178 cm³/mol. The van der Waals surface area contributed by atoms with Gasteiger partial charge in [0.05, 0.1) is 30.7 Å². The average Bonchev–Trinajstić information content (AvgIpc) is 3.09. The van der Waals surface area contributed by atoms with Gasteiger partial charge >= 0.3 is 18.4 Å². The third kappa shape index (κ3) is 11.5. The molecule has 284 valence electrons. The minimum atomic E-state index is -4.51. The molecule has 52 heavy (non-hydrogen) atoms. The zero-order valence-corrected chi connectivity index (χ0v) is 28.7. The van der Waals surface area contributed by atoms with E-state index in [2.05, 4.69) is 10.3 Å². The summed E-state index contributed by atoms with van der Waals surface area (Å²) >= 11 is 0. The number of hydrogen-bond acceptors (Lipinski definition) is 7. The number of nitrogens with one attached hydrogen (secondary N) is 1. The molecule has 2 unspecified atom stereocenters. The van der Waals surface area contributed by atoms with Crippen LogP contribution in [0.25, 0.3) is 0 Å². The molecule has 0 radical (unpaired) electrons. The fourth-order valence-corrected chi connectivity index (χ4v) is 6.24. The lowest BCUT2D eigenvalue weighted by molar-refractivity contribution is -0.137. The monoisotopic (exact) mass is 741 g/mol.